The fourth-order valence-electron chi connectivity index (χ4n) is 2.74. The molecule has 4 heteroatoms. The van der Waals surface area contributed by atoms with E-state index in [1.165, 1.54) is 0 Å². The van der Waals surface area contributed by atoms with E-state index in [0.29, 0.717) is 24.7 Å². The molecule has 100 valence electrons. The van der Waals surface area contributed by atoms with Crippen LogP contribution in [-0.4, -0.2) is 34.4 Å². The van der Waals surface area contributed by atoms with Gasteiger partial charge in [0.15, 0.2) is 0 Å². The van der Waals surface area contributed by atoms with Crippen molar-refractivity contribution in [3.63, 3.8) is 0 Å². The van der Waals surface area contributed by atoms with Crippen LogP contribution >= 0.6 is 0 Å². The zero-order valence-electron chi connectivity index (χ0n) is 11.1. The molecule has 3 N–H and O–H groups in total. The quantitative estimate of drug-likeness (QED) is 0.686. The van der Waals surface area contributed by atoms with Gasteiger partial charge in [0, 0.05) is 6.04 Å². The summed E-state index contributed by atoms with van der Waals surface area (Å²) in [6, 6.07) is -0.165. The Hall–Kier alpha value is -0.610. The first kappa shape index (κ1) is 14.5. The molecule has 1 aliphatic carbocycles. The van der Waals surface area contributed by atoms with Gasteiger partial charge in [-0.25, -0.2) is 0 Å². The maximum Gasteiger partial charge on any atom is 0.323 e. The Bertz CT molecular complexity index is 257. The molecule has 0 aromatic rings. The first-order chi connectivity index (χ1) is 7.91. The van der Waals surface area contributed by atoms with Crippen molar-refractivity contribution in [2.45, 2.75) is 58.0 Å². The van der Waals surface area contributed by atoms with Crippen LogP contribution in [0.3, 0.4) is 0 Å². The highest BCUT2D eigenvalue weighted by Crippen LogP contribution is 2.36. The Labute approximate surface area is 103 Å². The monoisotopic (exact) mass is 243 g/mol. The number of hydrogen-bond acceptors (Lipinski definition) is 3. The van der Waals surface area contributed by atoms with Crippen molar-refractivity contribution in [1.29, 1.82) is 0 Å². The fourth-order valence-corrected chi connectivity index (χ4v) is 2.74. The number of carboxylic acids is 1. The summed E-state index contributed by atoms with van der Waals surface area (Å²) in [4.78, 5) is 11.5. The second-order valence-electron chi connectivity index (χ2n) is 5.70. The van der Waals surface area contributed by atoms with Gasteiger partial charge in [-0.1, -0.05) is 13.8 Å². The Morgan fingerprint density at radius 2 is 1.88 bits per heavy atom. The fraction of sp³-hybridized carbons (Fsp3) is 0.923. The topological polar surface area (TPSA) is 69.6 Å². The molecule has 0 heterocycles. The molecular weight excluding hydrogens is 218 g/mol. The van der Waals surface area contributed by atoms with E-state index >= 15 is 0 Å². The third kappa shape index (κ3) is 3.42. The SMILES string of the molecule is CC(CO)NC1(C(=O)O)CCC(C(C)C)CC1. The van der Waals surface area contributed by atoms with Gasteiger partial charge in [0.2, 0.25) is 0 Å². The van der Waals surface area contributed by atoms with Crippen molar-refractivity contribution < 1.29 is 15.0 Å². The minimum absolute atomic E-state index is 0.0252. The minimum atomic E-state index is -0.826. The number of aliphatic hydroxyl groups is 1. The van der Waals surface area contributed by atoms with Gasteiger partial charge >= 0.3 is 5.97 Å². The molecule has 0 spiro atoms. The molecule has 1 rings (SSSR count). The summed E-state index contributed by atoms with van der Waals surface area (Å²) >= 11 is 0. The standard InChI is InChI=1S/C13H25NO3/c1-9(2)11-4-6-13(7-5-11,12(16)17)14-10(3)8-15/h9-11,14-15H,4-8H2,1-3H3,(H,16,17). The minimum Gasteiger partial charge on any atom is -0.480 e. The predicted molar refractivity (Wildman–Crippen MR) is 66.8 cm³/mol. The maximum atomic E-state index is 11.5. The molecule has 4 nitrogen and oxygen atoms in total. The van der Waals surface area contributed by atoms with Gasteiger partial charge in [-0.05, 0) is 44.4 Å². The summed E-state index contributed by atoms with van der Waals surface area (Å²) in [5.41, 5.74) is -0.826. The van der Waals surface area contributed by atoms with E-state index in [1.807, 2.05) is 6.92 Å². The largest absolute Gasteiger partial charge is 0.480 e. The summed E-state index contributed by atoms with van der Waals surface area (Å²) < 4.78 is 0. The number of rotatable bonds is 5. The second-order valence-corrected chi connectivity index (χ2v) is 5.70. The third-order valence-corrected chi connectivity index (χ3v) is 4.03. The summed E-state index contributed by atoms with van der Waals surface area (Å²) in [5, 5.41) is 21.6. The molecule has 0 aromatic heterocycles. The second kappa shape index (κ2) is 5.83. The van der Waals surface area contributed by atoms with Crippen LogP contribution in [0.1, 0.15) is 46.5 Å². The first-order valence-electron chi connectivity index (χ1n) is 6.53. The van der Waals surface area contributed by atoms with Gasteiger partial charge in [0.05, 0.1) is 6.61 Å². The average molecular weight is 243 g/mol. The van der Waals surface area contributed by atoms with Crippen molar-refractivity contribution in [3.8, 4) is 0 Å². The van der Waals surface area contributed by atoms with E-state index in [2.05, 4.69) is 19.2 Å². The van der Waals surface area contributed by atoms with Gasteiger partial charge in [-0.3, -0.25) is 10.1 Å². The highest BCUT2D eigenvalue weighted by atomic mass is 16.4. The maximum absolute atomic E-state index is 11.5. The van der Waals surface area contributed by atoms with Crippen molar-refractivity contribution >= 4 is 5.97 Å². The number of nitrogens with one attached hydrogen (secondary N) is 1. The summed E-state index contributed by atoms with van der Waals surface area (Å²) in [5.74, 6) is 0.478. The lowest BCUT2D eigenvalue weighted by molar-refractivity contribution is -0.147. The summed E-state index contributed by atoms with van der Waals surface area (Å²) in [6.07, 6.45) is 3.23. The van der Waals surface area contributed by atoms with E-state index in [4.69, 9.17) is 5.11 Å². The summed E-state index contributed by atoms with van der Waals surface area (Å²) in [6.45, 7) is 6.19. The number of aliphatic hydroxyl groups excluding tert-OH is 1. The first-order valence-corrected chi connectivity index (χ1v) is 6.53. The van der Waals surface area contributed by atoms with Crippen LogP contribution in [0, 0.1) is 11.8 Å². The number of aliphatic carboxylic acids is 1. The van der Waals surface area contributed by atoms with Gasteiger partial charge < -0.3 is 10.2 Å². The molecule has 0 bridgehead atoms. The lowest BCUT2D eigenvalue weighted by atomic mass is 9.72. The van der Waals surface area contributed by atoms with Crippen LogP contribution in [-0.2, 0) is 4.79 Å². The molecule has 0 amide bonds. The molecule has 17 heavy (non-hydrogen) atoms. The normalized spacial score (nSPS) is 31.5. The van der Waals surface area contributed by atoms with E-state index in [9.17, 15) is 9.90 Å². The number of carboxylic acid groups (broad SMARTS) is 1. The molecule has 1 fully saturated rings. The Balaban J connectivity index is 2.67. The molecule has 1 aliphatic rings. The smallest absolute Gasteiger partial charge is 0.323 e. The zero-order valence-corrected chi connectivity index (χ0v) is 11.1. The van der Waals surface area contributed by atoms with E-state index in [-0.39, 0.29) is 12.6 Å². The number of carbonyl (C=O) groups is 1. The Kier molecular flexibility index (Phi) is 4.95. The lowest BCUT2D eigenvalue weighted by Crippen LogP contribution is -2.58. The molecule has 0 aliphatic heterocycles. The number of hydrogen-bond donors (Lipinski definition) is 3. The van der Waals surface area contributed by atoms with Crippen molar-refractivity contribution in [1.82, 2.24) is 5.32 Å². The van der Waals surface area contributed by atoms with Crippen molar-refractivity contribution in [2.75, 3.05) is 6.61 Å². The third-order valence-electron chi connectivity index (χ3n) is 4.03. The van der Waals surface area contributed by atoms with Crippen LogP contribution in [0.5, 0.6) is 0 Å². The van der Waals surface area contributed by atoms with Gasteiger partial charge in [-0.2, -0.15) is 0 Å². The Morgan fingerprint density at radius 1 is 1.35 bits per heavy atom. The van der Waals surface area contributed by atoms with E-state index < -0.39 is 11.5 Å². The van der Waals surface area contributed by atoms with Crippen LogP contribution in [0.15, 0.2) is 0 Å². The van der Waals surface area contributed by atoms with Gasteiger partial charge in [-0.15, -0.1) is 0 Å². The zero-order chi connectivity index (χ0) is 13.1. The molecular formula is C13H25NO3. The molecule has 0 saturated heterocycles. The van der Waals surface area contributed by atoms with E-state index in [0.717, 1.165) is 12.8 Å². The van der Waals surface area contributed by atoms with Crippen LogP contribution < -0.4 is 5.32 Å². The molecule has 1 saturated carbocycles. The highest BCUT2D eigenvalue weighted by molar-refractivity contribution is 5.79. The molecule has 1 unspecified atom stereocenters. The molecule has 0 aromatic carbocycles. The van der Waals surface area contributed by atoms with Crippen LogP contribution in [0.2, 0.25) is 0 Å². The Morgan fingerprint density at radius 3 is 2.24 bits per heavy atom. The van der Waals surface area contributed by atoms with E-state index in [1.54, 1.807) is 0 Å². The average Bonchev–Trinajstić information content (AvgIpc) is 2.29. The van der Waals surface area contributed by atoms with Gasteiger partial charge in [0.1, 0.15) is 5.54 Å². The predicted octanol–water partition coefficient (Wildman–Crippen LogP) is 1.63. The van der Waals surface area contributed by atoms with Gasteiger partial charge in [0.25, 0.3) is 0 Å². The lowest BCUT2D eigenvalue weighted by Gasteiger charge is -2.40. The van der Waals surface area contributed by atoms with Crippen LogP contribution in [0.25, 0.3) is 0 Å². The highest BCUT2D eigenvalue weighted by Gasteiger charge is 2.42. The van der Waals surface area contributed by atoms with Crippen molar-refractivity contribution in [3.05, 3.63) is 0 Å². The molecule has 0 radical (unpaired) electrons. The van der Waals surface area contributed by atoms with Crippen molar-refractivity contribution in [2.24, 2.45) is 11.8 Å². The van der Waals surface area contributed by atoms with Crippen LogP contribution in [0.4, 0.5) is 0 Å². The summed E-state index contributed by atoms with van der Waals surface area (Å²) in [7, 11) is 0. The molecule has 1 atom stereocenters.